The molecule has 132 valence electrons. The van der Waals surface area contributed by atoms with Crippen LogP contribution in [0.5, 0.6) is 0 Å². The van der Waals surface area contributed by atoms with Crippen molar-refractivity contribution in [1.82, 2.24) is 24.6 Å². The van der Waals surface area contributed by atoms with Crippen LogP contribution < -0.4 is 0 Å². The molecule has 1 atom stereocenters. The van der Waals surface area contributed by atoms with Gasteiger partial charge in [0.2, 0.25) is 18.0 Å². The van der Waals surface area contributed by atoms with E-state index < -0.39 is 6.23 Å². The van der Waals surface area contributed by atoms with Gasteiger partial charge in [0.05, 0.1) is 0 Å². The number of hydrogen-bond acceptors (Lipinski definition) is 6. The first-order chi connectivity index (χ1) is 12.4. The fourth-order valence-corrected chi connectivity index (χ4v) is 2.99. The quantitative estimate of drug-likeness (QED) is 0.692. The van der Waals surface area contributed by atoms with E-state index in [1.54, 1.807) is 22.7 Å². The summed E-state index contributed by atoms with van der Waals surface area (Å²) in [4.78, 5) is 20.7. The van der Waals surface area contributed by atoms with E-state index in [0.29, 0.717) is 16.4 Å². The number of hydrazone groups is 1. The minimum Gasteiger partial charge on any atom is -0.443 e. The Hall–Kier alpha value is -3.00. The average molecular weight is 371 g/mol. The standard InChI is InChI=1S/C17H15ClN6O2/c1-9-7-10(2)23-17(19-9)20-14(21-23)15-22-24(11(3)25)16(26-15)12-5-4-6-13(18)8-12/h4-8,16H,1-3H3/t16-/m1/s1. The van der Waals surface area contributed by atoms with Gasteiger partial charge in [0.1, 0.15) is 0 Å². The fraction of sp³-hybridized carbons (Fsp3) is 0.235. The molecule has 1 aromatic carbocycles. The van der Waals surface area contributed by atoms with Crippen molar-refractivity contribution in [2.45, 2.75) is 27.0 Å². The van der Waals surface area contributed by atoms with E-state index in [0.717, 1.165) is 11.4 Å². The van der Waals surface area contributed by atoms with E-state index in [4.69, 9.17) is 16.3 Å². The summed E-state index contributed by atoms with van der Waals surface area (Å²) in [6.45, 7) is 5.21. The summed E-state index contributed by atoms with van der Waals surface area (Å²) >= 11 is 6.06. The van der Waals surface area contributed by atoms with Crippen molar-refractivity contribution in [3.63, 3.8) is 0 Å². The van der Waals surface area contributed by atoms with Crippen LogP contribution in [0.15, 0.2) is 35.4 Å². The van der Waals surface area contributed by atoms with Crippen LogP contribution in [-0.4, -0.2) is 36.4 Å². The van der Waals surface area contributed by atoms with Crippen molar-refractivity contribution < 1.29 is 9.53 Å². The molecule has 0 bridgehead atoms. The Balaban J connectivity index is 1.74. The molecule has 3 heterocycles. The maximum atomic E-state index is 12.0. The zero-order chi connectivity index (χ0) is 18.4. The Kier molecular flexibility index (Phi) is 3.84. The molecular formula is C17H15ClN6O2. The van der Waals surface area contributed by atoms with Gasteiger partial charge in [0.15, 0.2) is 0 Å². The number of halogens is 1. The number of aryl methyl sites for hydroxylation is 2. The van der Waals surface area contributed by atoms with Crippen LogP contribution in [0.3, 0.4) is 0 Å². The first kappa shape index (κ1) is 16.5. The Morgan fingerprint density at radius 1 is 1.23 bits per heavy atom. The molecule has 4 rings (SSSR count). The van der Waals surface area contributed by atoms with Crippen LogP contribution in [0.25, 0.3) is 5.78 Å². The largest absolute Gasteiger partial charge is 0.443 e. The van der Waals surface area contributed by atoms with Gasteiger partial charge >= 0.3 is 0 Å². The van der Waals surface area contributed by atoms with Gasteiger partial charge in [-0.2, -0.15) is 9.99 Å². The molecular weight excluding hydrogens is 356 g/mol. The second-order valence-corrected chi connectivity index (χ2v) is 6.42. The number of carbonyl (C=O) groups is 1. The van der Waals surface area contributed by atoms with Crippen LogP contribution >= 0.6 is 11.6 Å². The minimum absolute atomic E-state index is 0.160. The predicted molar refractivity (Wildman–Crippen MR) is 94.6 cm³/mol. The number of hydrogen-bond donors (Lipinski definition) is 0. The molecule has 2 aromatic heterocycles. The van der Waals surface area contributed by atoms with E-state index in [1.165, 1.54) is 11.9 Å². The Bertz CT molecular complexity index is 1060. The summed E-state index contributed by atoms with van der Waals surface area (Å²) in [5.41, 5.74) is 2.44. The topological polar surface area (TPSA) is 85.0 Å². The number of benzene rings is 1. The van der Waals surface area contributed by atoms with E-state index in [9.17, 15) is 4.79 Å². The fourth-order valence-electron chi connectivity index (χ4n) is 2.79. The molecule has 1 amide bonds. The zero-order valence-electron chi connectivity index (χ0n) is 14.3. The van der Waals surface area contributed by atoms with Crippen LogP contribution in [0.1, 0.15) is 35.9 Å². The van der Waals surface area contributed by atoms with E-state index in [1.807, 2.05) is 26.0 Å². The Morgan fingerprint density at radius 2 is 2.04 bits per heavy atom. The highest BCUT2D eigenvalue weighted by Crippen LogP contribution is 2.30. The molecule has 8 nitrogen and oxygen atoms in total. The number of fused-ring (bicyclic) bond motifs is 1. The van der Waals surface area contributed by atoms with Gasteiger partial charge in [-0.25, -0.2) is 9.50 Å². The van der Waals surface area contributed by atoms with E-state index in [2.05, 4.69) is 20.2 Å². The third-order valence-electron chi connectivity index (χ3n) is 3.91. The molecule has 1 aliphatic heterocycles. The molecule has 0 spiro atoms. The van der Waals surface area contributed by atoms with Gasteiger partial charge < -0.3 is 4.74 Å². The summed E-state index contributed by atoms with van der Waals surface area (Å²) in [7, 11) is 0. The highest BCUT2D eigenvalue weighted by atomic mass is 35.5. The van der Waals surface area contributed by atoms with Crippen LogP contribution in [-0.2, 0) is 9.53 Å². The molecule has 0 fully saturated rings. The monoisotopic (exact) mass is 370 g/mol. The van der Waals surface area contributed by atoms with Crippen LogP contribution in [0.4, 0.5) is 0 Å². The first-order valence-corrected chi connectivity index (χ1v) is 8.32. The third kappa shape index (κ3) is 2.78. The Morgan fingerprint density at radius 3 is 2.77 bits per heavy atom. The summed E-state index contributed by atoms with van der Waals surface area (Å²) in [6.07, 6.45) is -0.719. The van der Waals surface area contributed by atoms with Crippen LogP contribution in [0.2, 0.25) is 5.02 Å². The number of amides is 1. The maximum Gasteiger partial charge on any atom is 0.281 e. The van der Waals surface area contributed by atoms with Gasteiger partial charge in [-0.3, -0.25) is 4.79 Å². The molecule has 3 aromatic rings. The lowest BCUT2D eigenvalue weighted by atomic mass is 10.2. The summed E-state index contributed by atoms with van der Waals surface area (Å²) in [5, 5.41) is 10.5. The molecule has 26 heavy (non-hydrogen) atoms. The second kappa shape index (κ2) is 6.06. The molecule has 0 unspecified atom stereocenters. The third-order valence-corrected chi connectivity index (χ3v) is 4.15. The van der Waals surface area contributed by atoms with Gasteiger partial charge in [0.25, 0.3) is 11.7 Å². The maximum absolute atomic E-state index is 12.0. The number of rotatable bonds is 2. The number of aromatic nitrogens is 4. The molecule has 0 N–H and O–H groups in total. The van der Waals surface area contributed by atoms with Gasteiger partial charge in [-0.15, -0.1) is 10.2 Å². The van der Waals surface area contributed by atoms with Crippen molar-refractivity contribution in [1.29, 1.82) is 0 Å². The molecule has 1 aliphatic rings. The van der Waals surface area contributed by atoms with Crippen molar-refractivity contribution in [3.05, 3.63) is 58.1 Å². The highest BCUT2D eigenvalue weighted by Gasteiger charge is 2.35. The van der Waals surface area contributed by atoms with Crippen molar-refractivity contribution in [2.75, 3.05) is 0 Å². The van der Waals surface area contributed by atoms with Crippen molar-refractivity contribution in [3.8, 4) is 0 Å². The predicted octanol–water partition coefficient (Wildman–Crippen LogP) is 2.63. The number of nitrogens with zero attached hydrogens (tertiary/aromatic N) is 6. The lowest BCUT2D eigenvalue weighted by molar-refractivity contribution is -0.135. The SMILES string of the molecule is CC(=O)N1N=C(c2nc3nc(C)cc(C)n3n2)O[C@@H]1c1cccc(Cl)c1. The molecule has 0 aliphatic carbocycles. The van der Waals surface area contributed by atoms with Gasteiger partial charge in [-0.1, -0.05) is 23.7 Å². The normalized spacial score (nSPS) is 16.7. The van der Waals surface area contributed by atoms with Crippen molar-refractivity contribution >= 4 is 29.2 Å². The van der Waals surface area contributed by atoms with Gasteiger partial charge in [0, 0.05) is 28.9 Å². The summed E-state index contributed by atoms with van der Waals surface area (Å²) < 4.78 is 7.50. The Labute approximate surface area is 154 Å². The smallest absolute Gasteiger partial charge is 0.281 e. The molecule has 0 saturated carbocycles. The number of ether oxygens (including phenoxy) is 1. The summed E-state index contributed by atoms with van der Waals surface area (Å²) in [5.74, 6) is 0.609. The lowest BCUT2D eigenvalue weighted by Crippen LogP contribution is -2.25. The van der Waals surface area contributed by atoms with Crippen molar-refractivity contribution in [2.24, 2.45) is 5.10 Å². The lowest BCUT2D eigenvalue weighted by Gasteiger charge is -2.19. The van der Waals surface area contributed by atoms with Gasteiger partial charge in [-0.05, 0) is 32.0 Å². The first-order valence-electron chi connectivity index (χ1n) is 7.94. The summed E-state index contributed by atoms with van der Waals surface area (Å²) in [6, 6.07) is 8.99. The van der Waals surface area contributed by atoms with Crippen LogP contribution in [0, 0.1) is 13.8 Å². The second-order valence-electron chi connectivity index (χ2n) is 5.98. The number of carbonyl (C=O) groups excluding carboxylic acids is 1. The molecule has 9 heteroatoms. The molecule has 0 saturated heterocycles. The minimum atomic E-state index is -0.719. The molecule has 0 radical (unpaired) electrons. The highest BCUT2D eigenvalue weighted by molar-refractivity contribution is 6.30. The zero-order valence-corrected chi connectivity index (χ0v) is 15.1. The van der Waals surface area contributed by atoms with E-state index in [-0.39, 0.29) is 17.6 Å². The average Bonchev–Trinajstić information content (AvgIpc) is 3.18. The van der Waals surface area contributed by atoms with E-state index >= 15 is 0 Å².